The molecule has 138 valence electrons. The number of nitrogens with two attached hydrogens (primary N) is 2. The number of nitrogen functional groups attached to an aromatic ring is 1. The van der Waals surface area contributed by atoms with Gasteiger partial charge < -0.3 is 16.0 Å². The lowest BCUT2D eigenvalue weighted by Gasteiger charge is -2.28. The fourth-order valence-corrected chi connectivity index (χ4v) is 4.25. The largest absolute Gasteiger partial charge is 0.396 e. The average Bonchev–Trinajstić information content (AvgIpc) is 3.02. The van der Waals surface area contributed by atoms with Crippen LogP contribution in [-0.2, 0) is 0 Å². The molecule has 0 amide bonds. The highest BCUT2D eigenvalue weighted by Gasteiger charge is 2.24. The Morgan fingerprint density at radius 3 is 2.63 bits per heavy atom. The van der Waals surface area contributed by atoms with Crippen LogP contribution in [0.4, 0.5) is 11.4 Å². The van der Waals surface area contributed by atoms with Gasteiger partial charge in [0.25, 0.3) is 0 Å². The molecule has 27 heavy (non-hydrogen) atoms. The van der Waals surface area contributed by atoms with Gasteiger partial charge in [0, 0.05) is 41.1 Å². The molecule has 0 spiro atoms. The maximum absolute atomic E-state index is 7.48. The molecule has 0 unspecified atom stereocenters. The lowest BCUT2D eigenvalue weighted by Crippen LogP contribution is -2.27. The van der Waals surface area contributed by atoms with Crippen molar-refractivity contribution in [2.24, 2.45) is 5.73 Å². The van der Waals surface area contributed by atoms with E-state index in [1.165, 1.54) is 0 Å². The van der Waals surface area contributed by atoms with Gasteiger partial charge in [-0.15, -0.1) is 0 Å². The SMILES string of the molecule is [C-]#[N+]c1cc2c(-c3cncc(N)c3Cl)cn(C3CCC(N)CC3)c2cc1C. The summed E-state index contributed by atoms with van der Waals surface area (Å²) in [6.45, 7) is 9.46. The van der Waals surface area contributed by atoms with Gasteiger partial charge in [0.15, 0.2) is 5.69 Å². The number of pyridine rings is 1. The van der Waals surface area contributed by atoms with Crippen LogP contribution in [0.1, 0.15) is 37.3 Å². The second-order valence-corrected chi connectivity index (χ2v) is 7.75. The summed E-state index contributed by atoms with van der Waals surface area (Å²) in [7, 11) is 0. The minimum Gasteiger partial charge on any atom is -0.396 e. The smallest absolute Gasteiger partial charge is 0.190 e. The molecule has 2 aromatic heterocycles. The maximum atomic E-state index is 7.48. The Balaban J connectivity index is 1.96. The van der Waals surface area contributed by atoms with Crippen LogP contribution in [0.5, 0.6) is 0 Å². The minimum atomic E-state index is 0.297. The Bertz CT molecular complexity index is 1050. The summed E-state index contributed by atoms with van der Waals surface area (Å²) in [5.74, 6) is 0. The third-order valence-corrected chi connectivity index (χ3v) is 6.03. The lowest BCUT2D eigenvalue weighted by molar-refractivity contribution is 0.330. The average molecular weight is 380 g/mol. The molecular formula is C21H22ClN5. The predicted molar refractivity (Wildman–Crippen MR) is 111 cm³/mol. The van der Waals surface area contributed by atoms with Crippen LogP contribution in [-0.4, -0.2) is 15.6 Å². The first-order chi connectivity index (χ1) is 13.0. The number of rotatable bonds is 2. The topological polar surface area (TPSA) is 74.2 Å². The summed E-state index contributed by atoms with van der Waals surface area (Å²) in [6.07, 6.45) is 9.60. The number of benzene rings is 1. The summed E-state index contributed by atoms with van der Waals surface area (Å²) in [6, 6.07) is 4.75. The van der Waals surface area contributed by atoms with E-state index in [1.54, 1.807) is 12.4 Å². The highest BCUT2D eigenvalue weighted by molar-refractivity contribution is 6.36. The van der Waals surface area contributed by atoms with Crippen LogP contribution < -0.4 is 11.5 Å². The third-order valence-electron chi connectivity index (χ3n) is 5.60. The normalized spacial score (nSPS) is 19.9. The molecule has 0 radical (unpaired) electrons. The number of aryl methyl sites for hydroxylation is 1. The molecule has 4 rings (SSSR count). The maximum Gasteiger partial charge on any atom is 0.190 e. The Kier molecular flexibility index (Phi) is 4.55. The highest BCUT2D eigenvalue weighted by Crippen LogP contribution is 2.42. The molecule has 1 aromatic carbocycles. The van der Waals surface area contributed by atoms with Crippen LogP contribution in [0.25, 0.3) is 26.9 Å². The molecule has 2 heterocycles. The molecule has 1 aliphatic rings. The van der Waals surface area contributed by atoms with Crippen LogP contribution >= 0.6 is 11.6 Å². The fraction of sp³-hybridized carbons (Fsp3) is 0.333. The van der Waals surface area contributed by atoms with E-state index >= 15 is 0 Å². The molecule has 6 heteroatoms. The number of aromatic nitrogens is 2. The van der Waals surface area contributed by atoms with E-state index in [0.29, 0.717) is 28.5 Å². The Morgan fingerprint density at radius 1 is 1.19 bits per heavy atom. The Labute approximate surface area is 163 Å². The molecule has 3 aromatic rings. The second-order valence-electron chi connectivity index (χ2n) is 7.38. The molecule has 0 aliphatic heterocycles. The first-order valence-electron chi connectivity index (χ1n) is 9.17. The van der Waals surface area contributed by atoms with Crippen molar-refractivity contribution in [1.82, 2.24) is 9.55 Å². The van der Waals surface area contributed by atoms with Crippen molar-refractivity contribution >= 4 is 33.9 Å². The van der Waals surface area contributed by atoms with E-state index < -0.39 is 0 Å². The second kappa shape index (κ2) is 6.88. The summed E-state index contributed by atoms with van der Waals surface area (Å²) in [5, 5.41) is 1.51. The molecule has 5 nitrogen and oxygen atoms in total. The van der Waals surface area contributed by atoms with Crippen molar-refractivity contribution in [3.05, 3.63) is 52.7 Å². The lowest BCUT2D eigenvalue weighted by atomic mass is 9.91. The number of halogens is 1. The van der Waals surface area contributed by atoms with Crippen LogP contribution in [0.2, 0.25) is 5.02 Å². The number of nitrogens with zero attached hydrogens (tertiary/aromatic N) is 3. The Morgan fingerprint density at radius 2 is 1.93 bits per heavy atom. The van der Waals surface area contributed by atoms with Gasteiger partial charge in [0.1, 0.15) is 0 Å². The molecule has 0 bridgehead atoms. The van der Waals surface area contributed by atoms with E-state index in [2.05, 4.69) is 26.7 Å². The number of hydrogen-bond acceptors (Lipinski definition) is 3. The van der Waals surface area contributed by atoms with Gasteiger partial charge >= 0.3 is 0 Å². The zero-order valence-electron chi connectivity index (χ0n) is 15.2. The van der Waals surface area contributed by atoms with Gasteiger partial charge in [-0.05, 0) is 55.7 Å². The van der Waals surface area contributed by atoms with Crippen molar-refractivity contribution < 1.29 is 0 Å². The van der Waals surface area contributed by atoms with E-state index in [-0.39, 0.29) is 0 Å². The summed E-state index contributed by atoms with van der Waals surface area (Å²) in [5.41, 5.74) is 17.1. The zero-order valence-corrected chi connectivity index (χ0v) is 16.0. The number of fused-ring (bicyclic) bond motifs is 1. The summed E-state index contributed by atoms with van der Waals surface area (Å²) in [4.78, 5) is 7.90. The first-order valence-corrected chi connectivity index (χ1v) is 9.55. The van der Waals surface area contributed by atoms with E-state index in [1.807, 2.05) is 13.0 Å². The van der Waals surface area contributed by atoms with Crippen molar-refractivity contribution in [1.29, 1.82) is 0 Å². The molecule has 0 saturated heterocycles. The standard InChI is InChI=1S/C21H22ClN5/c1-12-7-20-15(8-19(12)25-2)17(16-9-26-10-18(24)21(16)22)11-27(20)14-5-3-13(23)4-6-14/h7-11,13-14H,3-6,23-24H2,1H3. The van der Waals surface area contributed by atoms with Gasteiger partial charge in [0.2, 0.25) is 0 Å². The monoisotopic (exact) mass is 379 g/mol. The van der Waals surface area contributed by atoms with Gasteiger partial charge in [-0.3, -0.25) is 4.98 Å². The summed E-state index contributed by atoms with van der Waals surface area (Å²) >= 11 is 6.50. The van der Waals surface area contributed by atoms with Crippen LogP contribution in [0, 0.1) is 13.5 Å². The molecule has 4 N–H and O–H groups in total. The van der Waals surface area contributed by atoms with Crippen LogP contribution in [0.15, 0.2) is 30.7 Å². The molecule has 1 fully saturated rings. The molecule has 1 saturated carbocycles. The minimum absolute atomic E-state index is 0.297. The van der Waals surface area contributed by atoms with E-state index in [9.17, 15) is 0 Å². The van der Waals surface area contributed by atoms with Crippen molar-refractivity contribution in [3.8, 4) is 11.1 Å². The Hall–Kier alpha value is -2.55. The van der Waals surface area contributed by atoms with Crippen molar-refractivity contribution in [2.75, 3.05) is 5.73 Å². The van der Waals surface area contributed by atoms with E-state index in [0.717, 1.165) is 53.3 Å². The van der Waals surface area contributed by atoms with Gasteiger partial charge in [-0.2, -0.15) is 0 Å². The van der Waals surface area contributed by atoms with Crippen LogP contribution in [0.3, 0.4) is 0 Å². The zero-order chi connectivity index (χ0) is 19.1. The van der Waals surface area contributed by atoms with Gasteiger partial charge in [-0.25, -0.2) is 4.85 Å². The quantitative estimate of drug-likeness (QED) is 0.598. The molecule has 1 aliphatic carbocycles. The number of hydrogen-bond donors (Lipinski definition) is 2. The molecule has 0 atom stereocenters. The van der Waals surface area contributed by atoms with Gasteiger partial charge in [-0.1, -0.05) is 11.6 Å². The van der Waals surface area contributed by atoms with E-state index in [4.69, 9.17) is 29.6 Å². The van der Waals surface area contributed by atoms with Crippen molar-refractivity contribution in [3.63, 3.8) is 0 Å². The number of anilines is 1. The fourth-order valence-electron chi connectivity index (χ4n) is 4.05. The predicted octanol–water partition coefficient (Wildman–Crippen LogP) is 5.24. The summed E-state index contributed by atoms with van der Waals surface area (Å²) < 4.78 is 2.33. The molecular weight excluding hydrogens is 358 g/mol. The highest BCUT2D eigenvalue weighted by atomic mass is 35.5. The third kappa shape index (κ3) is 3.05. The van der Waals surface area contributed by atoms with Crippen molar-refractivity contribution in [2.45, 2.75) is 44.7 Å². The first kappa shape index (κ1) is 17.8. The van der Waals surface area contributed by atoms with Gasteiger partial charge in [0.05, 0.1) is 23.5 Å².